The molecule has 0 radical (unpaired) electrons. The second-order valence-electron chi connectivity index (χ2n) is 5.75. The van der Waals surface area contributed by atoms with E-state index in [1.807, 2.05) is 22.8 Å². The van der Waals surface area contributed by atoms with E-state index in [9.17, 15) is 4.79 Å². The van der Waals surface area contributed by atoms with Gasteiger partial charge in [-0.1, -0.05) is 0 Å². The zero-order valence-corrected chi connectivity index (χ0v) is 15.1. The van der Waals surface area contributed by atoms with E-state index in [4.69, 9.17) is 0 Å². The monoisotopic (exact) mass is 394 g/mol. The molecule has 9 heteroatoms. The van der Waals surface area contributed by atoms with Gasteiger partial charge in [-0.3, -0.25) is 3.59 Å². The van der Waals surface area contributed by atoms with Crippen LogP contribution in [0.2, 0.25) is 0 Å². The molecule has 8 nitrogen and oxygen atoms in total. The summed E-state index contributed by atoms with van der Waals surface area (Å²) < 4.78 is 6.45. The number of alkyl carbamates (subject to hydrolysis) is 1. The molecular weight excluding hydrogens is 376 g/mol. The highest BCUT2D eigenvalue weighted by Gasteiger charge is 2.29. The molecule has 0 spiro atoms. The van der Waals surface area contributed by atoms with Gasteiger partial charge < -0.3 is 15.4 Å². The third-order valence-electron chi connectivity index (χ3n) is 3.67. The molecule has 3 rings (SSSR count). The number of ether oxygens (including phenoxy) is 1. The summed E-state index contributed by atoms with van der Waals surface area (Å²) in [5, 5.41) is 5.78. The quantitative estimate of drug-likeness (QED) is 0.781. The van der Waals surface area contributed by atoms with Crippen molar-refractivity contribution in [2.45, 2.75) is 31.7 Å². The molecule has 0 aromatic carbocycles. The maximum absolute atomic E-state index is 11.2. The number of hydrogen-bond donors (Lipinski definition) is 2. The van der Waals surface area contributed by atoms with E-state index in [1.54, 1.807) is 6.20 Å². The van der Waals surface area contributed by atoms with Crippen LogP contribution in [0, 0.1) is 0 Å². The molecule has 0 bridgehead atoms. The van der Waals surface area contributed by atoms with E-state index in [-0.39, 0.29) is 6.04 Å². The molecule has 1 aliphatic carbocycles. The maximum atomic E-state index is 11.2. The summed E-state index contributed by atoms with van der Waals surface area (Å²) in [6.07, 6.45) is 5.51. The highest BCUT2D eigenvalue weighted by atomic mass is 79.9. The molecule has 1 saturated carbocycles. The van der Waals surface area contributed by atoms with Crippen molar-refractivity contribution in [3.05, 3.63) is 24.3 Å². The van der Waals surface area contributed by atoms with Gasteiger partial charge in [-0.15, -0.1) is 0 Å². The molecule has 2 aromatic rings. The number of imidazole rings is 1. The van der Waals surface area contributed by atoms with E-state index in [2.05, 4.69) is 46.5 Å². The van der Waals surface area contributed by atoms with Gasteiger partial charge in [0.05, 0.1) is 29.0 Å². The molecule has 0 saturated heterocycles. The van der Waals surface area contributed by atoms with Crippen LogP contribution in [0.1, 0.15) is 31.5 Å². The fourth-order valence-corrected chi connectivity index (χ4v) is 2.81. The first-order valence-electron chi connectivity index (χ1n) is 7.74. The number of anilines is 1. The summed E-state index contributed by atoms with van der Waals surface area (Å²) in [5.74, 6) is 2.07. The van der Waals surface area contributed by atoms with Gasteiger partial charge in [0.25, 0.3) is 0 Å². The highest BCUT2D eigenvalue weighted by Crippen LogP contribution is 2.40. The van der Waals surface area contributed by atoms with Gasteiger partial charge in [0.2, 0.25) is 5.95 Å². The average molecular weight is 395 g/mol. The molecule has 2 aromatic heterocycles. The lowest BCUT2D eigenvalue weighted by molar-refractivity contribution is 0.168. The van der Waals surface area contributed by atoms with Crippen molar-refractivity contribution in [1.82, 2.24) is 23.9 Å². The molecule has 0 unspecified atom stereocenters. The fraction of sp³-hybridized carbons (Fsp3) is 0.467. The number of nitrogens with zero attached hydrogens (tertiary/aromatic N) is 4. The Hall–Kier alpha value is -2.16. The Balaban J connectivity index is 1.65. The normalized spacial score (nSPS) is 15.0. The van der Waals surface area contributed by atoms with Crippen molar-refractivity contribution >= 4 is 28.2 Å². The Labute approximate surface area is 148 Å². The Morgan fingerprint density at radius 3 is 2.96 bits per heavy atom. The van der Waals surface area contributed by atoms with Crippen molar-refractivity contribution in [2.75, 3.05) is 19.0 Å². The van der Waals surface area contributed by atoms with E-state index in [0.29, 0.717) is 18.4 Å². The summed E-state index contributed by atoms with van der Waals surface area (Å²) in [6.45, 7) is 2.35. The maximum Gasteiger partial charge on any atom is 0.407 e. The number of rotatable bonds is 6. The smallest absolute Gasteiger partial charge is 0.407 e. The van der Waals surface area contributed by atoms with Crippen molar-refractivity contribution in [2.24, 2.45) is 0 Å². The van der Waals surface area contributed by atoms with Crippen LogP contribution < -0.4 is 10.6 Å². The number of carbonyl (C=O) groups is 1. The van der Waals surface area contributed by atoms with Crippen LogP contribution in [0.3, 0.4) is 0 Å². The number of nitrogens with one attached hydrogen (secondary N) is 2. The third kappa shape index (κ3) is 4.02. The second-order valence-corrected chi connectivity index (χ2v) is 6.52. The minimum absolute atomic E-state index is 0.118. The van der Waals surface area contributed by atoms with Gasteiger partial charge in [0, 0.05) is 30.9 Å². The largest absolute Gasteiger partial charge is 0.453 e. The van der Waals surface area contributed by atoms with E-state index in [1.165, 1.54) is 20.0 Å². The summed E-state index contributed by atoms with van der Waals surface area (Å²) in [5.41, 5.74) is 1.56. The second kappa shape index (κ2) is 7.16. The zero-order valence-electron chi connectivity index (χ0n) is 13.5. The lowest BCUT2D eigenvalue weighted by atomic mass is 10.3. The lowest BCUT2D eigenvalue weighted by Crippen LogP contribution is -2.37. The van der Waals surface area contributed by atoms with E-state index < -0.39 is 6.09 Å². The van der Waals surface area contributed by atoms with Gasteiger partial charge in [0.15, 0.2) is 0 Å². The predicted octanol–water partition coefficient (Wildman–Crippen LogP) is 2.53. The molecule has 1 fully saturated rings. The lowest BCUT2D eigenvalue weighted by Gasteiger charge is -2.13. The number of aromatic nitrogens is 4. The standard InChI is InChI=1S/C15H19BrN6O2/c1-9(19-15(23)24-2)7-18-14-17-6-5-11(21-14)12-8-22(16)13(20-12)10-3-4-10/h5-6,8-10H,3-4,7H2,1-2H3,(H,19,23)(H,17,18,21)/t9-/m0/s1. The van der Waals surface area contributed by atoms with Crippen molar-refractivity contribution in [1.29, 1.82) is 0 Å². The van der Waals surface area contributed by atoms with Crippen LogP contribution in [-0.4, -0.2) is 44.3 Å². The topological polar surface area (TPSA) is 94.0 Å². The number of methoxy groups -OCH3 is 1. The third-order valence-corrected chi connectivity index (χ3v) is 4.23. The first-order chi connectivity index (χ1) is 11.6. The summed E-state index contributed by atoms with van der Waals surface area (Å²) in [6, 6.07) is 1.71. The molecule has 0 aliphatic heterocycles. The van der Waals surface area contributed by atoms with Crippen LogP contribution in [-0.2, 0) is 4.74 Å². The predicted molar refractivity (Wildman–Crippen MR) is 93.0 cm³/mol. The SMILES string of the molecule is COC(=O)N[C@@H](C)CNc1nccc(-c2cn(Br)c(C3CC3)n2)n1. The van der Waals surface area contributed by atoms with Gasteiger partial charge in [0.1, 0.15) is 11.5 Å². The Bertz CT molecular complexity index is 731. The molecule has 1 amide bonds. The summed E-state index contributed by atoms with van der Waals surface area (Å²) >= 11 is 3.50. The minimum Gasteiger partial charge on any atom is -0.453 e. The van der Waals surface area contributed by atoms with Gasteiger partial charge >= 0.3 is 6.09 Å². The molecule has 2 N–H and O–H groups in total. The molecule has 1 aliphatic rings. The molecule has 1 atom stereocenters. The summed E-state index contributed by atoms with van der Waals surface area (Å²) in [4.78, 5) is 24.5. The zero-order chi connectivity index (χ0) is 17.1. The number of carbonyl (C=O) groups excluding carboxylic acids is 1. The Morgan fingerprint density at radius 2 is 2.25 bits per heavy atom. The number of halogens is 1. The van der Waals surface area contributed by atoms with Crippen LogP contribution >= 0.6 is 16.1 Å². The average Bonchev–Trinajstić information content (AvgIpc) is 3.35. The number of amides is 1. The van der Waals surface area contributed by atoms with Crippen molar-refractivity contribution < 1.29 is 9.53 Å². The molecule has 128 valence electrons. The van der Waals surface area contributed by atoms with Crippen LogP contribution in [0.4, 0.5) is 10.7 Å². The van der Waals surface area contributed by atoms with Gasteiger partial charge in [-0.25, -0.2) is 19.7 Å². The highest BCUT2D eigenvalue weighted by molar-refractivity contribution is 9.08. The van der Waals surface area contributed by atoms with Crippen LogP contribution in [0.25, 0.3) is 11.4 Å². The molecule has 2 heterocycles. The van der Waals surface area contributed by atoms with Crippen LogP contribution in [0.5, 0.6) is 0 Å². The number of hydrogen-bond acceptors (Lipinski definition) is 6. The van der Waals surface area contributed by atoms with E-state index in [0.717, 1.165) is 17.2 Å². The van der Waals surface area contributed by atoms with Gasteiger partial charge in [-0.2, -0.15) is 0 Å². The Morgan fingerprint density at radius 1 is 1.46 bits per heavy atom. The van der Waals surface area contributed by atoms with Gasteiger partial charge in [-0.05, 0) is 25.8 Å². The van der Waals surface area contributed by atoms with Crippen molar-refractivity contribution in [3.8, 4) is 11.4 Å². The minimum atomic E-state index is -0.463. The van der Waals surface area contributed by atoms with Crippen molar-refractivity contribution in [3.63, 3.8) is 0 Å². The molecular formula is C15H19BrN6O2. The first kappa shape index (κ1) is 16.7. The fourth-order valence-electron chi connectivity index (χ4n) is 2.25. The molecule has 24 heavy (non-hydrogen) atoms. The van der Waals surface area contributed by atoms with E-state index >= 15 is 0 Å². The summed E-state index contributed by atoms with van der Waals surface area (Å²) in [7, 11) is 1.33. The van der Waals surface area contributed by atoms with Crippen LogP contribution in [0.15, 0.2) is 18.5 Å². The Kier molecular flexibility index (Phi) is 4.98. The first-order valence-corrected chi connectivity index (χ1v) is 8.45.